The Morgan fingerprint density at radius 1 is 1.58 bits per heavy atom. The first kappa shape index (κ1) is 15.4. The number of amides is 2. The Labute approximate surface area is 115 Å². The number of hydrogen-bond acceptors (Lipinski definition) is 2. The van der Waals surface area contributed by atoms with Crippen molar-refractivity contribution in [1.82, 2.24) is 4.90 Å². The van der Waals surface area contributed by atoms with E-state index >= 15 is 0 Å². The van der Waals surface area contributed by atoms with Crippen LogP contribution in [0.3, 0.4) is 0 Å². The molecule has 1 unspecified atom stereocenters. The van der Waals surface area contributed by atoms with Gasteiger partial charge in [-0.3, -0.25) is 14.5 Å². The van der Waals surface area contributed by atoms with Crippen LogP contribution in [0.2, 0.25) is 0 Å². The molecule has 1 aliphatic carbocycles. The van der Waals surface area contributed by atoms with Crippen molar-refractivity contribution in [2.24, 2.45) is 11.8 Å². The molecule has 0 radical (unpaired) electrons. The van der Waals surface area contributed by atoms with Gasteiger partial charge in [0.25, 0.3) is 5.91 Å². The van der Waals surface area contributed by atoms with E-state index in [4.69, 9.17) is 0 Å². The van der Waals surface area contributed by atoms with E-state index in [0.29, 0.717) is 12.0 Å². The van der Waals surface area contributed by atoms with E-state index in [0.717, 1.165) is 12.8 Å². The first-order valence-corrected chi connectivity index (χ1v) is 6.82. The SMILES string of the molecule is C=CC[C@H](CC)C(=O)N(C)C(=O)C1=CC=CCC1C. The van der Waals surface area contributed by atoms with Gasteiger partial charge in [-0.25, -0.2) is 0 Å². The Balaban J connectivity index is 2.81. The fraction of sp³-hybridized carbons (Fsp3) is 0.500. The summed E-state index contributed by atoms with van der Waals surface area (Å²) in [5.74, 6) is -0.270. The molecule has 1 rings (SSSR count). The van der Waals surface area contributed by atoms with Crippen LogP contribution in [-0.4, -0.2) is 23.8 Å². The summed E-state index contributed by atoms with van der Waals surface area (Å²) >= 11 is 0. The van der Waals surface area contributed by atoms with Crippen LogP contribution in [0.4, 0.5) is 0 Å². The monoisotopic (exact) mass is 261 g/mol. The summed E-state index contributed by atoms with van der Waals surface area (Å²) in [6, 6.07) is 0. The highest BCUT2D eigenvalue weighted by Crippen LogP contribution is 2.22. The molecule has 0 aliphatic heterocycles. The van der Waals surface area contributed by atoms with E-state index in [1.807, 2.05) is 32.1 Å². The first-order valence-electron chi connectivity index (χ1n) is 6.82. The van der Waals surface area contributed by atoms with Crippen molar-refractivity contribution in [2.45, 2.75) is 33.1 Å². The largest absolute Gasteiger partial charge is 0.282 e. The zero-order valence-electron chi connectivity index (χ0n) is 12.1. The van der Waals surface area contributed by atoms with Gasteiger partial charge < -0.3 is 0 Å². The topological polar surface area (TPSA) is 37.4 Å². The number of hydrogen-bond donors (Lipinski definition) is 0. The maximum atomic E-state index is 12.4. The van der Waals surface area contributed by atoms with E-state index < -0.39 is 0 Å². The fourth-order valence-electron chi connectivity index (χ4n) is 2.24. The summed E-state index contributed by atoms with van der Waals surface area (Å²) < 4.78 is 0. The number of imide groups is 1. The Kier molecular flexibility index (Phi) is 5.74. The molecule has 19 heavy (non-hydrogen) atoms. The summed E-state index contributed by atoms with van der Waals surface area (Å²) in [6.07, 6.45) is 9.65. The quantitative estimate of drug-likeness (QED) is 0.713. The van der Waals surface area contributed by atoms with Crippen molar-refractivity contribution in [2.75, 3.05) is 7.05 Å². The van der Waals surface area contributed by atoms with Crippen molar-refractivity contribution in [3.05, 3.63) is 36.5 Å². The predicted octanol–water partition coefficient (Wildman–Crippen LogP) is 3.10. The van der Waals surface area contributed by atoms with Crippen molar-refractivity contribution in [3.63, 3.8) is 0 Å². The molecule has 2 amide bonds. The summed E-state index contributed by atoms with van der Waals surface area (Å²) in [4.78, 5) is 25.9. The lowest BCUT2D eigenvalue weighted by molar-refractivity contribution is -0.144. The molecule has 0 heterocycles. The lowest BCUT2D eigenvalue weighted by atomic mass is 9.92. The Morgan fingerprint density at radius 3 is 2.79 bits per heavy atom. The molecule has 0 N–H and O–H groups in total. The minimum atomic E-state index is -0.177. The maximum absolute atomic E-state index is 12.4. The summed E-state index contributed by atoms with van der Waals surface area (Å²) in [7, 11) is 1.57. The van der Waals surface area contributed by atoms with E-state index in [1.54, 1.807) is 13.1 Å². The van der Waals surface area contributed by atoms with Gasteiger partial charge in [0.1, 0.15) is 0 Å². The van der Waals surface area contributed by atoms with E-state index in [-0.39, 0.29) is 23.7 Å². The number of likely N-dealkylation sites (N-methyl/N-ethyl adjacent to an activating group) is 1. The maximum Gasteiger partial charge on any atom is 0.256 e. The van der Waals surface area contributed by atoms with Crippen LogP contribution in [0.1, 0.15) is 33.1 Å². The highest BCUT2D eigenvalue weighted by molar-refractivity contribution is 6.05. The van der Waals surface area contributed by atoms with E-state index in [2.05, 4.69) is 6.58 Å². The number of allylic oxidation sites excluding steroid dienone is 4. The van der Waals surface area contributed by atoms with Gasteiger partial charge in [0.2, 0.25) is 5.91 Å². The molecule has 104 valence electrons. The predicted molar refractivity (Wildman–Crippen MR) is 77.4 cm³/mol. The lowest BCUT2D eigenvalue weighted by Crippen LogP contribution is -2.39. The van der Waals surface area contributed by atoms with Gasteiger partial charge in [-0.2, -0.15) is 0 Å². The molecule has 0 aromatic rings. The lowest BCUT2D eigenvalue weighted by Gasteiger charge is -2.24. The summed E-state index contributed by atoms with van der Waals surface area (Å²) in [5.41, 5.74) is 0.715. The van der Waals surface area contributed by atoms with Crippen molar-refractivity contribution >= 4 is 11.8 Å². The highest BCUT2D eigenvalue weighted by atomic mass is 16.2. The molecule has 0 saturated heterocycles. The van der Waals surface area contributed by atoms with Crippen LogP contribution in [-0.2, 0) is 9.59 Å². The molecule has 0 saturated carbocycles. The molecular formula is C16H23NO2. The van der Waals surface area contributed by atoms with Gasteiger partial charge in [0.15, 0.2) is 0 Å². The van der Waals surface area contributed by atoms with Crippen molar-refractivity contribution in [1.29, 1.82) is 0 Å². The third-order valence-electron chi connectivity index (χ3n) is 3.61. The van der Waals surface area contributed by atoms with Gasteiger partial charge in [-0.15, -0.1) is 6.58 Å². The third-order valence-corrected chi connectivity index (χ3v) is 3.61. The molecule has 3 nitrogen and oxygen atoms in total. The number of rotatable bonds is 5. The van der Waals surface area contributed by atoms with Crippen molar-refractivity contribution < 1.29 is 9.59 Å². The summed E-state index contributed by atoms with van der Waals surface area (Å²) in [6.45, 7) is 7.62. The molecular weight excluding hydrogens is 238 g/mol. The minimum absolute atomic E-state index is 0.116. The zero-order valence-corrected chi connectivity index (χ0v) is 12.1. The number of carbonyl (C=O) groups excluding carboxylic acids is 2. The molecule has 0 fully saturated rings. The second kappa shape index (κ2) is 7.07. The second-order valence-electron chi connectivity index (χ2n) is 5.02. The van der Waals surface area contributed by atoms with Crippen LogP contribution >= 0.6 is 0 Å². The standard InChI is InChI=1S/C16H23NO2/c1-5-9-13(6-2)15(18)17(4)16(19)14-11-8-7-10-12(14)3/h5,7-8,11-13H,1,6,9-10H2,2-4H3/t12?,13-/m0/s1. The Morgan fingerprint density at radius 2 is 2.26 bits per heavy atom. The molecule has 0 aromatic carbocycles. The normalized spacial score (nSPS) is 19.5. The Bertz CT molecular complexity index is 420. The van der Waals surface area contributed by atoms with Crippen LogP contribution in [0, 0.1) is 11.8 Å². The van der Waals surface area contributed by atoms with Crippen LogP contribution in [0.15, 0.2) is 36.5 Å². The molecule has 0 aromatic heterocycles. The van der Waals surface area contributed by atoms with E-state index in [9.17, 15) is 9.59 Å². The van der Waals surface area contributed by atoms with E-state index in [1.165, 1.54) is 4.90 Å². The van der Waals surface area contributed by atoms with Crippen LogP contribution in [0.25, 0.3) is 0 Å². The van der Waals surface area contributed by atoms with Crippen molar-refractivity contribution in [3.8, 4) is 0 Å². The highest BCUT2D eigenvalue weighted by Gasteiger charge is 2.28. The summed E-state index contributed by atoms with van der Waals surface area (Å²) in [5, 5.41) is 0. The van der Waals surface area contributed by atoms with Gasteiger partial charge >= 0.3 is 0 Å². The number of carbonyl (C=O) groups is 2. The molecule has 2 atom stereocenters. The minimum Gasteiger partial charge on any atom is -0.282 e. The van der Waals surface area contributed by atoms with Gasteiger partial charge in [0.05, 0.1) is 0 Å². The molecule has 0 spiro atoms. The average molecular weight is 261 g/mol. The zero-order chi connectivity index (χ0) is 14.4. The first-order chi connectivity index (χ1) is 9.02. The van der Waals surface area contributed by atoms with Gasteiger partial charge in [-0.05, 0) is 25.2 Å². The van der Waals surface area contributed by atoms with Crippen LogP contribution < -0.4 is 0 Å². The fourth-order valence-corrected chi connectivity index (χ4v) is 2.24. The molecule has 0 bridgehead atoms. The molecule has 3 heteroatoms. The second-order valence-corrected chi connectivity index (χ2v) is 5.02. The molecule has 1 aliphatic rings. The third kappa shape index (κ3) is 3.66. The number of nitrogens with zero attached hydrogens (tertiary/aromatic N) is 1. The van der Waals surface area contributed by atoms with Gasteiger partial charge in [-0.1, -0.05) is 38.2 Å². The van der Waals surface area contributed by atoms with Crippen LogP contribution in [0.5, 0.6) is 0 Å². The van der Waals surface area contributed by atoms with Gasteiger partial charge in [0, 0.05) is 18.5 Å². The Hall–Kier alpha value is -1.64. The smallest absolute Gasteiger partial charge is 0.256 e. The average Bonchev–Trinajstić information content (AvgIpc) is 2.43.